The number of nitrogens with one attached hydrogen (secondary N) is 3. The molecule has 1 fully saturated rings. The number of hydrogen-bond donors (Lipinski definition) is 3. The summed E-state index contributed by atoms with van der Waals surface area (Å²) in [6.07, 6.45) is 3.65. The summed E-state index contributed by atoms with van der Waals surface area (Å²) in [6, 6.07) is 15.3. The molecule has 8 heteroatoms. The maximum Gasteiger partial charge on any atom is 0.229 e. The average molecular weight is 431 g/mol. The minimum Gasteiger partial charge on any atom is -0.493 e. The first kappa shape index (κ1) is 22.0. The highest BCUT2D eigenvalue weighted by molar-refractivity contribution is 7.92. The SMILES string of the molecule is CCNC(=NCc1ccccc1OCC1CC1)NCc1ccccc1NS(C)(=O)=O. The van der Waals surface area contributed by atoms with E-state index in [0.29, 0.717) is 30.7 Å². The molecule has 162 valence electrons. The zero-order chi connectivity index (χ0) is 21.4. The average Bonchev–Trinajstić information content (AvgIpc) is 3.53. The Balaban J connectivity index is 1.66. The lowest BCUT2D eigenvalue weighted by atomic mass is 10.2. The van der Waals surface area contributed by atoms with Gasteiger partial charge in [-0.25, -0.2) is 13.4 Å². The molecule has 0 bridgehead atoms. The van der Waals surface area contributed by atoms with E-state index in [9.17, 15) is 8.42 Å². The molecule has 0 atom stereocenters. The highest BCUT2D eigenvalue weighted by atomic mass is 32.2. The molecule has 0 amide bonds. The van der Waals surface area contributed by atoms with Crippen LogP contribution in [-0.2, 0) is 23.1 Å². The number of sulfonamides is 1. The van der Waals surface area contributed by atoms with Gasteiger partial charge in [0, 0.05) is 18.7 Å². The van der Waals surface area contributed by atoms with Crippen molar-refractivity contribution in [3.63, 3.8) is 0 Å². The zero-order valence-electron chi connectivity index (χ0n) is 17.5. The predicted molar refractivity (Wildman–Crippen MR) is 121 cm³/mol. The largest absolute Gasteiger partial charge is 0.493 e. The number of rotatable bonds is 10. The van der Waals surface area contributed by atoms with Crippen molar-refractivity contribution in [1.29, 1.82) is 0 Å². The lowest BCUT2D eigenvalue weighted by Crippen LogP contribution is -2.37. The van der Waals surface area contributed by atoms with E-state index < -0.39 is 10.0 Å². The summed E-state index contributed by atoms with van der Waals surface area (Å²) in [5.74, 6) is 2.23. The van der Waals surface area contributed by atoms with E-state index in [-0.39, 0.29) is 0 Å². The normalized spacial score (nSPS) is 14.3. The first-order valence-electron chi connectivity index (χ1n) is 10.2. The Kier molecular flexibility index (Phi) is 7.57. The van der Waals surface area contributed by atoms with Gasteiger partial charge < -0.3 is 15.4 Å². The van der Waals surface area contributed by atoms with Crippen LogP contribution in [0.1, 0.15) is 30.9 Å². The molecule has 0 unspecified atom stereocenters. The molecule has 0 radical (unpaired) electrons. The van der Waals surface area contributed by atoms with Crippen LogP contribution in [0.4, 0.5) is 5.69 Å². The predicted octanol–water partition coefficient (Wildman–Crippen LogP) is 3.10. The Bertz CT molecular complexity index is 972. The third-order valence-corrected chi connectivity index (χ3v) is 5.25. The highest BCUT2D eigenvalue weighted by Crippen LogP contribution is 2.30. The van der Waals surface area contributed by atoms with Crippen molar-refractivity contribution in [2.24, 2.45) is 10.9 Å². The number of nitrogens with zero attached hydrogens (tertiary/aromatic N) is 1. The van der Waals surface area contributed by atoms with Crippen LogP contribution >= 0.6 is 0 Å². The quantitative estimate of drug-likeness (QED) is 0.398. The number of hydrogen-bond acceptors (Lipinski definition) is 4. The van der Waals surface area contributed by atoms with Gasteiger partial charge in [0.2, 0.25) is 10.0 Å². The Hall–Kier alpha value is -2.74. The second-order valence-corrected chi connectivity index (χ2v) is 9.19. The van der Waals surface area contributed by atoms with Crippen molar-refractivity contribution < 1.29 is 13.2 Å². The van der Waals surface area contributed by atoms with Crippen molar-refractivity contribution >= 4 is 21.7 Å². The highest BCUT2D eigenvalue weighted by Gasteiger charge is 2.22. The van der Waals surface area contributed by atoms with Gasteiger partial charge in [-0.2, -0.15) is 0 Å². The molecule has 1 saturated carbocycles. The van der Waals surface area contributed by atoms with Crippen LogP contribution < -0.4 is 20.1 Å². The van der Waals surface area contributed by atoms with Crippen LogP contribution in [0.5, 0.6) is 5.75 Å². The maximum atomic E-state index is 11.6. The summed E-state index contributed by atoms with van der Waals surface area (Å²) in [4.78, 5) is 4.68. The molecule has 0 saturated heterocycles. The van der Waals surface area contributed by atoms with Gasteiger partial charge in [-0.05, 0) is 43.4 Å². The Morgan fingerprint density at radius 2 is 1.77 bits per heavy atom. The fourth-order valence-corrected chi connectivity index (χ4v) is 3.52. The molecular weight excluding hydrogens is 400 g/mol. The van der Waals surface area contributed by atoms with Crippen LogP contribution in [0.3, 0.4) is 0 Å². The first-order chi connectivity index (χ1) is 14.4. The number of guanidine groups is 1. The lowest BCUT2D eigenvalue weighted by Gasteiger charge is -2.15. The molecular formula is C22H30N4O3S. The van der Waals surface area contributed by atoms with Gasteiger partial charge in [0.05, 0.1) is 25.1 Å². The van der Waals surface area contributed by atoms with Crippen molar-refractivity contribution in [3.8, 4) is 5.75 Å². The maximum absolute atomic E-state index is 11.6. The summed E-state index contributed by atoms with van der Waals surface area (Å²) >= 11 is 0. The van der Waals surface area contributed by atoms with E-state index in [4.69, 9.17) is 4.74 Å². The summed E-state index contributed by atoms with van der Waals surface area (Å²) in [7, 11) is -3.34. The molecule has 3 rings (SSSR count). The lowest BCUT2D eigenvalue weighted by molar-refractivity contribution is 0.297. The number of anilines is 1. The number of benzene rings is 2. The molecule has 1 aliphatic carbocycles. The molecule has 0 heterocycles. The summed E-state index contributed by atoms with van der Waals surface area (Å²) < 4.78 is 31.7. The van der Waals surface area contributed by atoms with Gasteiger partial charge in [-0.3, -0.25) is 4.72 Å². The van der Waals surface area contributed by atoms with Crippen LogP contribution in [0.25, 0.3) is 0 Å². The molecule has 30 heavy (non-hydrogen) atoms. The fourth-order valence-electron chi connectivity index (χ4n) is 2.93. The minimum absolute atomic E-state index is 0.435. The molecule has 2 aromatic carbocycles. The van der Waals surface area contributed by atoms with Crippen LogP contribution in [-0.4, -0.2) is 33.8 Å². The van der Waals surface area contributed by atoms with E-state index in [1.165, 1.54) is 12.8 Å². The molecule has 3 N–H and O–H groups in total. The third kappa shape index (κ3) is 7.26. The third-order valence-electron chi connectivity index (χ3n) is 4.65. The minimum atomic E-state index is -3.34. The van der Waals surface area contributed by atoms with E-state index in [1.807, 2.05) is 43.3 Å². The molecule has 0 aromatic heterocycles. The fraction of sp³-hybridized carbons (Fsp3) is 0.409. The van der Waals surface area contributed by atoms with E-state index in [0.717, 1.165) is 36.3 Å². The number of ether oxygens (including phenoxy) is 1. The molecule has 7 nitrogen and oxygen atoms in total. The van der Waals surface area contributed by atoms with Crippen LogP contribution in [0.2, 0.25) is 0 Å². The second-order valence-electron chi connectivity index (χ2n) is 7.44. The summed E-state index contributed by atoms with van der Waals surface area (Å²) in [6.45, 7) is 4.41. The van der Waals surface area contributed by atoms with E-state index in [1.54, 1.807) is 12.1 Å². The van der Waals surface area contributed by atoms with E-state index in [2.05, 4.69) is 20.3 Å². The van der Waals surface area contributed by atoms with Gasteiger partial charge >= 0.3 is 0 Å². The second kappa shape index (κ2) is 10.3. The van der Waals surface area contributed by atoms with Gasteiger partial charge in [-0.1, -0.05) is 36.4 Å². The van der Waals surface area contributed by atoms with Gasteiger partial charge in [0.25, 0.3) is 0 Å². The topological polar surface area (TPSA) is 91.8 Å². The Labute approximate surface area is 179 Å². The zero-order valence-corrected chi connectivity index (χ0v) is 18.3. The number of para-hydroxylation sites is 2. The molecule has 0 aliphatic heterocycles. The first-order valence-corrected chi connectivity index (χ1v) is 12.1. The van der Waals surface area contributed by atoms with Crippen molar-refractivity contribution in [2.75, 3.05) is 24.1 Å². The molecule has 1 aliphatic rings. The summed E-state index contributed by atoms with van der Waals surface area (Å²) in [5, 5.41) is 6.51. The number of aliphatic imine (C=N–C) groups is 1. The smallest absolute Gasteiger partial charge is 0.229 e. The van der Waals surface area contributed by atoms with Crippen molar-refractivity contribution in [3.05, 3.63) is 59.7 Å². The van der Waals surface area contributed by atoms with Crippen LogP contribution in [0.15, 0.2) is 53.5 Å². The van der Waals surface area contributed by atoms with Gasteiger partial charge in [0.1, 0.15) is 5.75 Å². The standard InChI is InChI=1S/C22H30N4O3S/c1-3-23-22(24-14-18-8-4-6-10-20(18)26-30(2,27)28)25-15-19-9-5-7-11-21(19)29-16-17-12-13-17/h4-11,17,26H,3,12-16H2,1-2H3,(H2,23,24,25). The van der Waals surface area contributed by atoms with Crippen molar-refractivity contribution in [1.82, 2.24) is 10.6 Å². The molecule has 0 spiro atoms. The van der Waals surface area contributed by atoms with Gasteiger partial charge in [-0.15, -0.1) is 0 Å². The Morgan fingerprint density at radius 1 is 1.07 bits per heavy atom. The van der Waals surface area contributed by atoms with Crippen LogP contribution in [0, 0.1) is 5.92 Å². The monoisotopic (exact) mass is 430 g/mol. The van der Waals surface area contributed by atoms with Gasteiger partial charge in [0.15, 0.2) is 5.96 Å². The van der Waals surface area contributed by atoms with E-state index >= 15 is 0 Å². The molecule has 2 aromatic rings. The van der Waals surface area contributed by atoms with Crippen molar-refractivity contribution in [2.45, 2.75) is 32.9 Å². The summed E-state index contributed by atoms with van der Waals surface area (Å²) in [5.41, 5.74) is 2.43. The Morgan fingerprint density at radius 3 is 2.47 bits per heavy atom.